The number of rotatable bonds is 4. The van der Waals surface area contributed by atoms with Crippen LogP contribution in [0.4, 0.5) is 5.82 Å². The summed E-state index contributed by atoms with van der Waals surface area (Å²) in [6, 6.07) is 3.80. The molecule has 1 aliphatic rings. The Hall–Kier alpha value is -1.78. The number of anilines is 1. The molecule has 20 heavy (non-hydrogen) atoms. The molecule has 5 nitrogen and oxygen atoms in total. The summed E-state index contributed by atoms with van der Waals surface area (Å²) < 4.78 is 0. The van der Waals surface area contributed by atoms with Crippen LogP contribution in [0.25, 0.3) is 0 Å². The van der Waals surface area contributed by atoms with Gasteiger partial charge in [0.25, 0.3) is 0 Å². The number of oxime groups is 1. The molecule has 110 valence electrons. The summed E-state index contributed by atoms with van der Waals surface area (Å²) in [5.74, 6) is 1.95. The number of pyridine rings is 1. The van der Waals surface area contributed by atoms with Crippen LogP contribution in [0.15, 0.2) is 23.5 Å². The molecule has 0 bridgehead atoms. The summed E-state index contributed by atoms with van der Waals surface area (Å²) in [6.07, 6.45) is 8.08. The lowest BCUT2D eigenvalue weighted by molar-refractivity contribution is 0.318. The van der Waals surface area contributed by atoms with Crippen molar-refractivity contribution in [1.82, 2.24) is 4.98 Å². The van der Waals surface area contributed by atoms with Gasteiger partial charge in [0.2, 0.25) is 0 Å². The molecule has 1 atom stereocenters. The van der Waals surface area contributed by atoms with Gasteiger partial charge >= 0.3 is 0 Å². The Morgan fingerprint density at radius 3 is 2.95 bits per heavy atom. The Morgan fingerprint density at radius 1 is 1.45 bits per heavy atom. The number of hydrogen-bond acceptors (Lipinski definition) is 4. The van der Waals surface area contributed by atoms with E-state index in [0.717, 1.165) is 24.8 Å². The van der Waals surface area contributed by atoms with Gasteiger partial charge in [-0.3, -0.25) is 0 Å². The molecule has 1 aliphatic heterocycles. The minimum absolute atomic E-state index is 0.0999. The van der Waals surface area contributed by atoms with E-state index in [1.807, 2.05) is 12.1 Å². The van der Waals surface area contributed by atoms with Crippen LogP contribution in [-0.4, -0.2) is 29.1 Å². The summed E-state index contributed by atoms with van der Waals surface area (Å²) in [5.41, 5.74) is 6.19. The number of nitrogens with zero attached hydrogens (tertiary/aromatic N) is 3. The van der Waals surface area contributed by atoms with Crippen LogP contribution in [0, 0.1) is 5.92 Å². The average Bonchev–Trinajstić information content (AvgIpc) is 2.73. The molecule has 0 radical (unpaired) electrons. The Bertz CT molecular complexity index is 444. The summed E-state index contributed by atoms with van der Waals surface area (Å²) in [5, 5.41) is 11.6. The molecule has 5 heteroatoms. The van der Waals surface area contributed by atoms with E-state index in [4.69, 9.17) is 10.9 Å². The Morgan fingerprint density at radius 2 is 2.30 bits per heavy atom. The first-order valence-electron chi connectivity index (χ1n) is 7.43. The molecule has 3 N–H and O–H groups in total. The van der Waals surface area contributed by atoms with E-state index in [1.165, 1.54) is 32.1 Å². The van der Waals surface area contributed by atoms with E-state index >= 15 is 0 Å². The third-order valence-electron chi connectivity index (χ3n) is 4.02. The van der Waals surface area contributed by atoms with Crippen LogP contribution in [0.2, 0.25) is 0 Å². The summed E-state index contributed by atoms with van der Waals surface area (Å²) in [7, 11) is 0. The van der Waals surface area contributed by atoms with Gasteiger partial charge in [0.05, 0.1) is 0 Å². The SMILES string of the molecule is CCCC1CCCN(c2ccc(C(N)=NO)cn2)CC1. The molecular formula is C15H24N4O. The fourth-order valence-electron chi connectivity index (χ4n) is 2.87. The highest BCUT2D eigenvalue weighted by molar-refractivity contribution is 5.96. The van der Waals surface area contributed by atoms with E-state index in [0.29, 0.717) is 5.56 Å². The lowest BCUT2D eigenvalue weighted by Gasteiger charge is -2.21. The predicted molar refractivity (Wildman–Crippen MR) is 81.2 cm³/mol. The third-order valence-corrected chi connectivity index (χ3v) is 4.02. The van der Waals surface area contributed by atoms with Crippen LogP contribution in [-0.2, 0) is 0 Å². The molecule has 1 fully saturated rings. The van der Waals surface area contributed by atoms with Crippen molar-refractivity contribution in [2.24, 2.45) is 16.8 Å². The lowest BCUT2D eigenvalue weighted by atomic mass is 9.96. The maximum Gasteiger partial charge on any atom is 0.171 e. The van der Waals surface area contributed by atoms with E-state index in [2.05, 4.69) is 22.0 Å². The highest BCUT2D eigenvalue weighted by Crippen LogP contribution is 2.24. The molecule has 0 spiro atoms. The second-order valence-electron chi connectivity index (χ2n) is 5.46. The Balaban J connectivity index is 2.01. The first-order chi connectivity index (χ1) is 9.74. The van der Waals surface area contributed by atoms with Crippen molar-refractivity contribution in [1.29, 1.82) is 0 Å². The van der Waals surface area contributed by atoms with Crippen LogP contribution >= 0.6 is 0 Å². The summed E-state index contributed by atoms with van der Waals surface area (Å²) >= 11 is 0. The predicted octanol–water partition coefficient (Wildman–Crippen LogP) is 2.58. The van der Waals surface area contributed by atoms with E-state index in [-0.39, 0.29) is 5.84 Å². The van der Waals surface area contributed by atoms with Crippen LogP contribution in [0.3, 0.4) is 0 Å². The van der Waals surface area contributed by atoms with Crippen LogP contribution in [0.1, 0.15) is 44.6 Å². The van der Waals surface area contributed by atoms with Crippen molar-refractivity contribution in [3.8, 4) is 0 Å². The fourth-order valence-corrected chi connectivity index (χ4v) is 2.87. The number of hydrogen-bond donors (Lipinski definition) is 2. The number of amidine groups is 1. The Kier molecular flexibility index (Phi) is 5.21. The quantitative estimate of drug-likeness (QED) is 0.383. The minimum atomic E-state index is 0.0999. The van der Waals surface area contributed by atoms with E-state index < -0.39 is 0 Å². The van der Waals surface area contributed by atoms with Gasteiger partial charge in [-0.05, 0) is 37.3 Å². The number of nitrogens with two attached hydrogens (primary N) is 1. The molecule has 0 saturated carbocycles. The van der Waals surface area contributed by atoms with Gasteiger partial charge < -0.3 is 15.8 Å². The highest BCUT2D eigenvalue weighted by atomic mass is 16.4. The first kappa shape index (κ1) is 14.6. The van der Waals surface area contributed by atoms with Gasteiger partial charge in [-0.15, -0.1) is 0 Å². The minimum Gasteiger partial charge on any atom is -0.409 e. The highest BCUT2D eigenvalue weighted by Gasteiger charge is 2.17. The van der Waals surface area contributed by atoms with Gasteiger partial charge in [-0.25, -0.2) is 4.98 Å². The van der Waals surface area contributed by atoms with E-state index in [9.17, 15) is 0 Å². The molecule has 0 aliphatic carbocycles. The van der Waals surface area contributed by atoms with Crippen molar-refractivity contribution in [3.63, 3.8) is 0 Å². The summed E-state index contributed by atoms with van der Waals surface area (Å²) in [4.78, 5) is 6.78. The normalized spacial score (nSPS) is 20.8. The van der Waals surface area contributed by atoms with Gasteiger partial charge in [0.15, 0.2) is 5.84 Å². The molecule has 1 aromatic heterocycles. The molecule has 0 aromatic carbocycles. The summed E-state index contributed by atoms with van der Waals surface area (Å²) in [6.45, 7) is 4.40. The molecule has 1 saturated heterocycles. The van der Waals surface area contributed by atoms with Crippen LogP contribution in [0.5, 0.6) is 0 Å². The largest absolute Gasteiger partial charge is 0.409 e. The molecular weight excluding hydrogens is 252 g/mol. The Labute approximate surface area is 120 Å². The second-order valence-corrected chi connectivity index (χ2v) is 5.46. The molecule has 1 unspecified atom stereocenters. The maximum atomic E-state index is 8.65. The van der Waals surface area contributed by atoms with Crippen molar-refractivity contribution >= 4 is 11.7 Å². The van der Waals surface area contributed by atoms with Gasteiger partial charge in [-0.1, -0.05) is 24.9 Å². The van der Waals surface area contributed by atoms with Crippen molar-refractivity contribution in [2.45, 2.75) is 39.0 Å². The second kappa shape index (κ2) is 7.12. The zero-order chi connectivity index (χ0) is 14.4. The van der Waals surface area contributed by atoms with E-state index in [1.54, 1.807) is 6.20 Å². The zero-order valence-corrected chi connectivity index (χ0v) is 12.1. The van der Waals surface area contributed by atoms with Crippen molar-refractivity contribution in [3.05, 3.63) is 23.9 Å². The van der Waals surface area contributed by atoms with Crippen LogP contribution < -0.4 is 10.6 Å². The van der Waals surface area contributed by atoms with Crippen molar-refractivity contribution in [2.75, 3.05) is 18.0 Å². The topological polar surface area (TPSA) is 74.7 Å². The molecule has 1 aromatic rings. The molecule has 2 heterocycles. The average molecular weight is 276 g/mol. The van der Waals surface area contributed by atoms with Gasteiger partial charge in [0, 0.05) is 24.8 Å². The van der Waals surface area contributed by atoms with Gasteiger partial charge in [-0.2, -0.15) is 0 Å². The van der Waals surface area contributed by atoms with Gasteiger partial charge in [0.1, 0.15) is 5.82 Å². The smallest absolute Gasteiger partial charge is 0.171 e. The third kappa shape index (κ3) is 3.62. The standard InChI is InChI=1S/C15H24N4O/c1-2-4-12-5-3-9-19(10-8-12)14-7-6-13(11-17-14)15(16)18-20/h6-7,11-12,20H,2-5,8-10H2,1H3,(H2,16,18). The molecule has 0 amide bonds. The molecule has 2 rings (SSSR count). The zero-order valence-electron chi connectivity index (χ0n) is 12.1. The lowest BCUT2D eigenvalue weighted by Crippen LogP contribution is -2.25. The fraction of sp³-hybridized carbons (Fsp3) is 0.600. The first-order valence-corrected chi connectivity index (χ1v) is 7.43. The van der Waals surface area contributed by atoms with Crippen molar-refractivity contribution < 1.29 is 5.21 Å². The number of aromatic nitrogens is 1. The maximum absolute atomic E-state index is 8.65. The monoisotopic (exact) mass is 276 g/mol.